The van der Waals surface area contributed by atoms with E-state index >= 15 is 0 Å². The maximum Gasteiger partial charge on any atom is 0 e. The van der Waals surface area contributed by atoms with Gasteiger partial charge in [0.2, 0.25) is 5.71 Å². The van der Waals surface area contributed by atoms with Gasteiger partial charge >= 0.3 is 137 Å². The zero-order chi connectivity index (χ0) is 44.9. The topological polar surface area (TPSA) is 56.7 Å². The number of hydrogen-bond donors (Lipinski definition) is 0. The molecule has 6 aromatic carbocycles. The molecule has 0 atom stereocenters. The fourth-order valence-corrected chi connectivity index (χ4v) is 13.1. The molecule has 11 rings (SSSR count). The molecule has 0 amide bonds. The number of nitrogens with zero attached hydrogens (tertiary/aromatic N) is 4. The van der Waals surface area contributed by atoms with Gasteiger partial charge in [0.1, 0.15) is 0 Å². The van der Waals surface area contributed by atoms with Crippen LogP contribution in [0.1, 0.15) is 63.1 Å². The molecule has 1 fully saturated rings. The Bertz CT molecular complexity index is 3330. The predicted molar refractivity (Wildman–Crippen MR) is 274 cm³/mol. The van der Waals surface area contributed by atoms with Crippen molar-refractivity contribution in [3.05, 3.63) is 175 Å². The molecule has 0 aliphatic heterocycles. The molecule has 5 nitrogen and oxygen atoms in total. The molecule has 7 heteroatoms. The van der Waals surface area contributed by atoms with E-state index in [1.165, 1.54) is 48.6 Å². The summed E-state index contributed by atoms with van der Waals surface area (Å²) in [7, 11) is 0. The Kier molecular flexibility index (Phi) is 12.8. The third-order valence-electron chi connectivity index (χ3n) is 13.2. The second-order valence-electron chi connectivity index (χ2n) is 19.9. The van der Waals surface area contributed by atoms with E-state index in [-0.39, 0.29) is 25.5 Å². The Morgan fingerprint density at radius 2 is 1.48 bits per heavy atom. The molecule has 333 valence electrons. The van der Waals surface area contributed by atoms with Crippen molar-refractivity contribution in [2.45, 2.75) is 82.5 Å². The molecule has 1 aliphatic carbocycles. The number of hydrogen-bond acceptors (Lipinski definition) is 4. The van der Waals surface area contributed by atoms with Gasteiger partial charge in [0, 0.05) is 42.1 Å². The SMILES string of the molecule is Cc1ccccc1-c1ccc2c(n1)oc1c(-c3nc4ccc5ccccc5c4n3-c3ccc(C(C)(C)C)cc3)[c-]ccc12.[CH3][Ge]([CH3])([CH3])[c]1cnc(-c2[c-]cccc2)cc1CC1CCCC1.[Ir]. The summed E-state index contributed by atoms with van der Waals surface area (Å²) in [6.07, 6.45) is 9.08. The van der Waals surface area contributed by atoms with Gasteiger partial charge in [-0.05, 0) is 59.2 Å². The number of furan rings is 1. The van der Waals surface area contributed by atoms with E-state index in [2.05, 4.69) is 177 Å². The quantitative estimate of drug-likeness (QED) is 0.118. The van der Waals surface area contributed by atoms with Gasteiger partial charge in [0.05, 0.1) is 28.1 Å². The molecule has 66 heavy (non-hydrogen) atoms. The first-order chi connectivity index (χ1) is 31.4. The smallest absolute Gasteiger partial charge is 0 e. The van der Waals surface area contributed by atoms with Gasteiger partial charge in [0.15, 0.2) is 0 Å². The van der Waals surface area contributed by atoms with Gasteiger partial charge in [0.25, 0.3) is 0 Å². The van der Waals surface area contributed by atoms with Crippen LogP contribution in [0.5, 0.6) is 0 Å². The standard InChI is InChI=1S/C39H30N3O.C20H26GeN.Ir/c1-24-10-5-7-12-28(24)33-23-21-31-30-14-9-15-32(36(30)43-38(31)41-33)37-40-34-22-16-25-11-6-8-13-29(25)35(34)42(37)27-19-17-26(18-20-27)39(2,3)4;1-21(2,3)19-15-22-20(17-11-5-4-6-12-17)14-18(19)13-16-9-7-8-10-16;/h5-14,16-23H,1-4H3;4-6,11,14-16H,7-10,13H2,1-3H3;/q2*-1;. The van der Waals surface area contributed by atoms with Crippen LogP contribution >= 0.6 is 0 Å². The largest absolute Gasteiger partial charge is 0 e. The van der Waals surface area contributed by atoms with E-state index < -0.39 is 13.3 Å². The summed E-state index contributed by atoms with van der Waals surface area (Å²) in [6.45, 7) is 8.82. The summed E-state index contributed by atoms with van der Waals surface area (Å²) in [5, 5.41) is 4.30. The normalized spacial score (nSPS) is 13.3. The van der Waals surface area contributed by atoms with Crippen molar-refractivity contribution >= 4 is 61.5 Å². The summed E-state index contributed by atoms with van der Waals surface area (Å²) in [4.78, 5) is 15.0. The molecular formula is C59H56GeIrN4O-2. The van der Waals surface area contributed by atoms with Crippen molar-refractivity contribution in [1.82, 2.24) is 19.5 Å². The predicted octanol–water partition coefficient (Wildman–Crippen LogP) is 15.0. The van der Waals surface area contributed by atoms with Crippen molar-refractivity contribution in [3.8, 4) is 39.6 Å². The van der Waals surface area contributed by atoms with Gasteiger partial charge in [-0.2, -0.15) is 0 Å². The van der Waals surface area contributed by atoms with Crippen molar-refractivity contribution in [3.63, 3.8) is 0 Å². The summed E-state index contributed by atoms with van der Waals surface area (Å²) in [5.74, 6) is 9.10. The molecule has 1 aliphatic rings. The first-order valence-electron chi connectivity index (χ1n) is 23.2. The van der Waals surface area contributed by atoms with Gasteiger partial charge < -0.3 is 8.98 Å². The van der Waals surface area contributed by atoms with Crippen LogP contribution in [0.3, 0.4) is 0 Å². The number of benzene rings is 6. The third kappa shape index (κ3) is 8.96. The van der Waals surface area contributed by atoms with E-state index in [0.29, 0.717) is 5.71 Å². The molecule has 0 unspecified atom stereocenters. The van der Waals surface area contributed by atoms with Crippen LogP contribution < -0.4 is 4.40 Å². The molecular weight excluding hydrogens is 1050 g/mol. The van der Waals surface area contributed by atoms with Gasteiger partial charge in [-0.1, -0.05) is 98.5 Å². The molecule has 10 aromatic rings. The van der Waals surface area contributed by atoms with E-state index in [1.807, 2.05) is 30.3 Å². The summed E-state index contributed by atoms with van der Waals surface area (Å²) < 4.78 is 10.4. The van der Waals surface area contributed by atoms with E-state index in [4.69, 9.17) is 19.4 Å². The molecule has 1 saturated carbocycles. The second kappa shape index (κ2) is 18.6. The van der Waals surface area contributed by atoms with E-state index in [0.717, 1.165) is 78.3 Å². The average Bonchev–Trinajstić information content (AvgIpc) is 4.07. The minimum atomic E-state index is -1.87. The van der Waals surface area contributed by atoms with E-state index in [9.17, 15) is 0 Å². The third-order valence-corrected chi connectivity index (χ3v) is 17.6. The zero-order valence-electron chi connectivity index (χ0n) is 39.0. The minimum absolute atomic E-state index is 0. The van der Waals surface area contributed by atoms with Crippen molar-refractivity contribution in [1.29, 1.82) is 0 Å². The van der Waals surface area contributed by atoms with Crippen LogP contribution in [0.15, 0.2) is 150 Å². The van der Waals surface area contributed by atoms with Crippen molar-refractivity contribution in [2.24, 2.45) is 5.92 Å². The molecule has 0 N–H and O–H groups in total. The Hall–Kier alpha value is -5.66. The summed E-state index contributed by atoms with van der Waals surface area (Å²) >= 11 is -1.87. The van der Waals surface area contributed by atoms with Crippen LogP contribution in [-0.4, -0.2) is 32.8 Å². The van der Waals surface area contributed by atoms with Crippen LogP contribution in [0.4, 0.5) is 0 Å². The molecule has 0 spiro atoms. The Morgan fingerprint density at radius 1 is 0.727 bits per heavy atom. The summed E-state index contributed by atoms with van der Waals surface area (Å²) in [6, 6.07) is 55.4. The summed E-state index contributed by atoms with van der Waals surface area (Å²) in [5.41, 5.74) is 13.5. The number of aromatic nitrogens is 4. The molecule has 0 bridgehead atoms. The molecule has 1 radical (unpaired) electrons. The minimum Gasteiger partial charge on any atom is 0 e. The number of aryl methyl sites for hydroxylation is 1. The number of rotatable bonds is 7. The maximum absolute atomic E-state index is 6.58. The Balaban J connectivity index is 0.000000201. The second-order valence-corrected chi connectivity index (χ2v) is 30.5. The maximum atomic E-state index is 6.58. The van der Waals surface area contributed by atoms with Crippen molar-refractivity contribution < 1.29 is 24.5 Å². The Labute approximate surface area is 405 Å². The van der Waals surface area contributed by atoms with Gasteiger partial charge in [-0.15, -0.1) is 18.2 Å². The van der Waals surface area contributed by atoms with Crippen LogP contribution in [-0.2, 0) is 31.9 Å². The average molecular weight is 1100 g/mol. The van der Waals surface area contributed by atoms with Crippen LogP contribution in [0.25, 0.3) is 83.5 Å². The fraction of sp³-hybridized carbons (Fsp3) is 0.237. The fourth-order valence-electron chi connectivity index (χ4n) is 9.73. The first kappa shape index (κ1) is 45.5. The van der Waals surface area contributed by atoms with E-state index in [1.54, 1.807) is 9.96 Å². The van der Waals surface area contributed by atoms with Crippen LogP contribution in [0, 0.1) is 25.0 Å². The van der Waals surface area contributed by atoms with Crippen LogP contribution in [0.2, 0.25) is 17.3 Å². The molecule has 4 aromatic heterocycles. The first-order valence-corrected chi connectivity index (χ1v) is 30.5. The monoisotopic (exact) mass is 1100 g/mol. The number of fused-ring (bicyclic) bond motifs is 6. The Morgan fingerprint density at radius 3 is 2.23 bits per heavy atom. The number of imidazole rings is 1. The van der Waals surface area contributed by atoms with Gasteiger partial charge in [-0.3, -0.25) is 4.98 Å². The van der Waals surface area contributed by atoms with Crippen molar-refractivity contribution in [2.75, 3.05) is 0 Å². The molecule has 4 heterocycles. The zero-order valence-corrected chi connectivity index (χ0v) is 43.5. The molecule has 0 saturated heterocycles. The van der Waals surface area contributed by atoms with Gasteiger partial charge in [-0.25, -0.2) is 4.98 Å². The number of pyridine rings is 2.